The maximum atomic E-state index is 12.7. The van der Waals surface area contributed by atoms with Crippen molar-refractivity contribution in [1.29, 1.82) is 0 Å². The van der Waals surface area contributed by atoms with Gasteiger partial charge in [0, 0.05) is 13.1 Å². The molecule has 0 saturated carbocycles. The fraction of sp³-hybridized carbons (Fsp3) is 0.533. The number of methoxy groups -OCH3 is 2. The lowest BCUT2D eigenvalue weighted by atomic mass is 9.97. The number of carbonyl (C=O) groups is 1. The molecule has 110 valence electrons. The van der Waals surface area contributed by atoms with Crippen molar-refractivity contribution < 1.29 is 14.3 Å². The fourth-order valence-electron chi connectivity index (χ4n) is 2.59. The molecular weight excluding hydrogens is 256 g/mol. The van der Waals surface area contributed by atoms with Crippen LogP contribution in [0, 0.1) is 5.92 Å². The quantitative estimate of drug-likeness (QED) is 0.907. The third-order valence-electron chi connectivity index (χ3n) is 3.78. The predicted molar refractivity (Wildman–Crippen MR) is 77.2 cm³/mol. The van der Waals surface area contributed by atoms with E-state index in [9.17, 15) is 4.79 Å². The van der Waals surface area contributed by atoms with Gasteiger partial charge in [-0.05, 0) is 43.5 Å². The first-order valence-electron chi connectivity index (χ1n) is 6.91. The van der Waals surface area contributed by atoms with Gasteiger partial charge in [-0.25, -0.2) is 0 Å². The third-order valence-corrected chi connectivity index (χ3v) is 3.78. The zero-order valence-corrected chi connectivity index (χ0v) is 12.1. The van der Waals surface area contributed by atoms with Crippen molar-refractivity contribution >= 4 is 5.91 Å². The Morgan fingerprint density at radius 1 is 1.40 bits per heavy atom. The van der Waals surface area contributed by atoms with Gasteiger partial charge in [-0.15, -0.1) is 0 Å². The van der Waals surface area contributed by atoms with Gasteiger partial charge in [0.05, 0.1) is 19.8 Å². The number of hydrogen-bond acceptors (Lipinski definition) is 4. The standard InChI is InChI=1S/C15H22N2O3/c1-19-12-5-6-14(20-2)13(8-12)15(18)17-7-3-4-11(9-16)10-17/h5-6,8,11H,3-4,7,9-10,16H2,1-2H3. The van der Waals surface area contributed by atoms with E-state index in [1.165, 1.54) is 0 Å². The molecule has 1 atom stereocenters. The van der Waals surface area contributed by atoms with E-state index < -0.39 is 0 Å². The molecule has 0 aromatic heterocycles. The van der Waals surface area contributed by atoms with Gasteiger partial charge in [-0.3, -0.25) is 4.79 Å². The van der Waals surface area contributed by atoms with Crippen molar-refractivity contribution in [2.45, 2.75) is 12.8 Å². The number of carbonyl (C=O) groups excluding carboxylic acids is 1. The molecule has 0 aliphatic carbocycles. The first-order valence-corrected chi connectivity index (χ1v) is 6.91. The molecule has 1 aliphatic heterocycles. The summed E-state index contributed by atoms with van der Waals surface area (Å²) in [5.41, 5.74) is 6.27. The third kappa shape index (κ3) is 3.04. The van der Waals surface area contributed by atoms with Crippen molar-refractivity contribution in [3.63, 3.8) is 0 Å². The van der Waals surface area contributed by atoms with E-state index in [-0.39, 0.29) is 5.91 Å². The number of hydrogen-bond donors (Lipinski definition) is 1. The summed E-state index contributed by atoms with van der Waals surface area (Å²) >= 11 is 0. The van der Waals surface area contributed by atoms with Crippen LogP contribution in [-0.2, 0) is 0 Å². The van der Waals surface area contributed by atoms with E-state index in [4.69, 9.17) is 15.2 Å². The average Bonchev–Trinajstić information content (AvgIpc) is 2.53. The SMILES string of the molecule is COc1ccc(OC)c(C(=O)N2CCCC(CN)C2)c1. The van der Waals surface area contributed by atoms with Crippen molar-refractivity contribution in [3.05, 3.63) is 23.8 Å². The van der Waals surface area contributed by atoms with Gasteiger partial charge in [-0.1, -0.05) is 0 Å². The molecule has 0 radical (unpaired) electrons. The van der Waals surface area contributed by atoms with Crippen LogP contribution in [0.2, 0.25) is 0 Å². The Labute approximate surface area is 119 Å². The minimum absolute atomic E-state index is 0.0149. The second-order valence-corrected chi connectivity index (χ2v) is 5.06. The highest BCUT2D eigenvalue weighted by Gasteiger charge is 2.25. The molecule has 2 rings (SSSR count). The van der Waals surface area contributed by atoms with E-state index in [1.54, 1.807) is 32.4 Å². The lowest BCUT2D eigenvalue weighted by Crippen LogP contribution is -2.42. The van der Waals surface area contributed by atoms with E-state index in [1.807, 2.05) is 4.90 Å². The molecule has 0 bridgehead atoms. The predicted octanol–water partition coefficient (Wildman–Crippen LogP) is 1.51. The van der Waals surface area contributed by atoms with Crippen molar-refractivity contribution in [2.24, 2.45) is 11.7 Å². The zero-order valence-electron chi connectivity index (χ0n) is 12.1. The first kappa shape index (κ1) is 14.7. The molecule has 2 N–H and O–H groups in total. The van der Waals surface area contributed by atoms with Gasteiger partial charge in [0.2, 0.25) is 0 Å². The molecule has 1 heterocycles. The number of rotatable bonds is 4. The molecule has 1 saturated heterocycles. The van der Waals surface area contributed by atoms with Gasteiger partial charge in [0.1, 0.15) is 11.5 Å². The lowest BCUT2D eigenvalue weighted by molar-refractivity contribution is 0.0674. The lowest BCUT2D eigenvalue weighted by Gasteiger charge is -2.32. The Morgan fingerprint density at radius 2 is 2.20 bits per heavy atom. The highest BCUT2D eigenvalue weighted by atomic mass is 16.5. The maximum absolute atomic E-state index is 12.7. The van der Waals surface area contributed by atoms with Crippen molar-refractivity contribution in [3.8, 4) is 11.5 Å². The van der Waals surface area contributed by atoms with Gasteiger partial charge >= 0.3 is 0 Å². The van der Waals surface area contributed by atoms with E-state index in [0.717, 1.165) is 25.9 Å². The summed E-state index contributed by atoms with van der Waals surface area (Å²) in [6, 6.07) is 5.28. The van der Waals surface area contributed by atoms with Crippen molar-refractivity contribution in [2.75, 3.05) is 33.9 Å². The Kier molecular flexibility index (Phi) is 4.84. The number of piperidine rings is 1. The molecule has 5 heteroatoms. The van der Waals surface area contributed by atoms with Gasteiger partial charge < -0.3 is 20.1 Å². The molecule has 20 heavy (non-hydrogen) atoms. The number of benzene rings is 1. The smallest absolute Gasteiger partial charge is 0.257 e. The van der Waals surface area contributed by atoms with Gasteiger partial charge in [0.25, 0.3) is 5.91 Å². The van der Waals surface area contributed by atoms with Gasteiger partial charge in [0.15, 0.2) is 0 Å². The Balaban J connectivity index is 2.23. The van der Waals surface area contributed by atoms with Crippen LogP contribution in [0.3, 0.4) is 0 Å². The van der Waals surface area contributed by atoms with Crippen LogP contribution in [0.25, 0.3) is 0 Å². The second kappa shape index (κ2) is 6.61. The normalized spacial score (nSPS) is 18.8. The van der Waals surface area contributed by atoms with Crippen molar-refractivity contribution in [1.82, 2.24) is 4.90 Å². The van der Waals surface area contributed by atoms with Crippen LogP contribution in [0.5, 0.6) is 11.5 Å². The number of nitrogens with two attached hydrogens (primary N) is 1. The summed E-state index contributed by atoms with van der Waals surface area (Å²) in [7, 11) is 3.15. The van der Waals surface area contributed by atoms with E-state index in [2.05, 4.69) is 0 Å². The van der Waals surface area contributed by atoms with Crippen LogP contribution >= 0.6 is 0 Å². The highest BCUT2D eigenvalue weighted by molar-refractivity contribution is 5.97. The molecule has 1 aromatic rings. The molecule has 1 amide bonds. The molecule has 0 spiro atoms. The van der Waals surface area contributed by atoms with Crippen LogP contribution < -0.4 is 15.2 Å². The van der Waals surface area contributed by atoms with E-state index in [0.29, 0.717) is 29.5 Å². The fourth-order valence-corrected chi connectivity index (χ4v) is 2.59. The van der Waals surface area contributed by atoms with Gasteiger partial charge in [-0.2, -0.15) is 0 Å². The average molecular weight is 278 g/mol. The minimum Gasteiger partial charge on any atom is -0.497 e. The highest BCUT2D eigenvalue weighted by Crippen LogP contribution is 2.27. The Bertz CT molecular complexity index is 476. The maximum Gasteiger partial charge on any atom is 0.257 e. The summed E-state index contributed by atoms with van der Waals surface area (Å²) in [5, 5.41) is 0. The minimum atomic E-state index is -0.0149. The molecule has 1 unspecified atom stereocenters. The van der Waals surface area contributed by atoms with Crippen LogP contribution in [-0.4, -0.2) is 44.7 Å². The molecule has 1 aliphatic rings. The number of ether oxygens (including phenoxy) is 2. The zero-order chi connectivity index (χ0) is 14.5. The monoisotopic (exact) mass is 278 g/mol. The summed E-state index contributed by atoms with van der Waals surface area (Å²) in [4.78, 5) is 14.5. The number of nitrogens with zero attached hydrogens (tertiary/aromatic N) is 1. The largest absolute Gasteiger partial charge is 0.497 e. The van der Waals surface area contributed by atoms with E-state index >= 15 is 0 Å². The van der Waals surface area contributed by atoms with Crippen LogP contribution in [0.15, 0.2) is 18.2 Å². The molecule has 1 aromatic carbocycles. The summed E-state index contributed by atoms with van der Waals surface area (Å²) in [6.07, 6.45) is 2.09. The van der Waals surface area contributed by atoms with Crippen LogP contribution in [0.1, 0.15) is 23.2 Å². The van der Waals surface area contributed by atoms with Crippen LogP contribution in [0.4, 0.5) is 0 Å². The second-order valence-electron chi connectivity index (χ2n) is 5.06. The molecular formula is C15H22N2O3. The Morgan fingerprint density at radius 3 is 2.85 bits per heavy atom. The topological polar surface area (TPSA) is 64.8 Å². The molecule has 5 nitrogen and oxygen atoms in total. The molecule has 1 fully saturated rings. The summed E-state index contributed by atoms with van der Waals surface area (Å²) < 4.78 is 10.5. The Hall–Kier alpha value is -1.75. The summed E-state index contributed by atoms with van der Waals surface area (Å²) in [6.45, 7) is 2.12. The number of amides is 1. The number of likely N-dealkylation sites (tertiary alicyclic amines) is 1. The first-order chi connectivity index (χ1) is 9.69. The summed E-state index contributed by atoms with van der Waals surface area (Å²) in [5.74, 6) is 1.61.